The molecule has 0 saturated carbocycles. The molecule has 4 saturated heterocycles. The molecule has 9 N–H and O–H groups in total. The molecule has 0 amide bonds. The molecule has 9 rings (SSSR count). The zero-order valence-corrected chi connectivity index (χ0v) is 57.7. The summed E-state index contributed by atoms with van der Waals surface area (Å²) < 4.78 is 139. The van der Waals surface area contributed by atoms with Crippen LogP contribution in [0, 0.1) is 20.8 Å². The minimum atomic E-state index is -5.56. The molecule has 4 fully saturated rings. The zero-order chi connectivity index (χ0) is 70.3. The Labute approximate surface area is 561 Å². The maximum atomic E-state index is 14.7. The van der Waals surface area contributed by atoms with Crippen LogP contribution in [0.3, 0.4) is 0 Å². The van der Waals surface area contributed by atoms with Gasteiger partial charge in [0.1, 0.15) is 90.6 Å². The molecular formula is C52H76N13O27P3S2-2. The quantitative estimate of drug-likeness (QED) is 0.0148. The molecule has 0 aliphatic carbocycles. The Morgan fingerprint density at radius 1 is 0.588 bits per heavy atom. The highest BCUT2D eigenvalue weighted by Crippen LogP contribution is 2.55. The summed E-state index contributed by atoms with van der Waals surface area (Å²) >= 11 is 11.1. The number of nitrogen functional groups attached to an aromatic ring is 3. The van der Waals surface area contributed by atoms with Crippen molar-refractivity contribution in [1.82, 2.24) is 48.2 Å². The van der Waals surface area contributed by atoms with Gasteiger partial charge in [-0.3, -0.25) is 41.7 Å². The number of fused-ring (bicyclic) bond motifs is 1. The van der Waals surface area contributed by atoms with E-state index in [9.17, 15) is 43.2 Å². The van der Waals surface area contributed by atoms with Crippen LogP contribution in [0.15, 0.2) is 50.4 Å². The molecule has 9 heterocycles. The minimum Gasteiger partial charge on any atom is -0.756 e. The molecule has 540 valence electrons. The fraction of sp³-hybridized carbons (Fsp3) is 0.673. The van der Waals surface area contributed by atoms with Crippen LogP contribution in [0.1, 0.15) is 48.5 Å². The highest BCUT2D eigenvalue weighted by atomic mass is 32.7. The number of nitrogens with one attached hydrogen (secondary N) is 1. The molecule has 19 atom stereocenters. The van der Waals surface area contributed by atoms with Crippen LogP contribution in [-0.4, -0.2) is 233 Å². The van der Waals surface area contributed by atoms with Crippen molar-refractivity contribution in [3.63, 3.8) is 0 Å². The van der Waals surface area contributed by atoms with Gasteiger partial charge in [0, 0.05) is 63.7 Å². The Morgan fingerprint density at radius 3 is 1.61 bits per heavy atom. The Morgan fingerprint density at radius 2 is 1.05 bits per heavy atom. The van der Waals surface area contributed by atoms with Gasteiger partial charge in [0.15, 0.2) is 43.2 Å². The number of aromatic nitrogens is 10. The smallest absolute Gasteiger partial charge is 0.351 e. The largest absolute Gasteiger partial charge is 0.756 e. The second kappa shape index (κ2) is 33.2. The van der Waals surface area contributed by atoms with Crippen LogP contribution < -0.4 is 44.7 Å². The molecule has 0 aromatic carbocycles. The van der Waals surface area contributed by atoms with Gasteiger partial charge in [-0.2, -0.15) is 9.97 Å². The number of ether oxygens (including phenoxy) is 12. The van der Waals surface area contributed by atoms with Gasteiger partial charge in [-0.15, -0.1) is 0 Å². The number of aryl methyl sites for hydroxylation is 3. The fourth-order valence-corrected chi connectivity index (χ4v) is 14.7. The number of hydrogen-bond acceptors (Lipinski definition) is 36. The molecule has 97 heavy (non-hydrogen) atoms. The van der Waals surface area contributed by atoms with E-state index in [1.165, 1.54) is 78.8 Å². The van der Waals surface area contributed by atoms with Crippen molar-refractivity contribution in [1.29, 1.82) is 0 Å². The van der Waals surface area contributed by atoms with Crippen LogP contribution in [0.4, 0.5) is 17.5 Å². The highest BCUT2D eigenvalue weighted by molar-refractivity contribution is 8.32. The number of nitrogens with zero attached hydrogens (tertiary/aromatic N) is 9. The van der Waals surface area contributed by atoms with Crippen molar-refractivity contribution >= 4 is 74.0 Å². The second-order valence-corrected chi connectivity index (χ2v) is 29.1. The fourth-order valence-electron chi connectivity index (χ4n) is 10.8. The third-order valence-corrected chi connectivity index (χ3v) is 19.7. The van der Waals surface area contributed by atoms with E-state index >= 15 is 0 Å². The van der Waals surface area contributed by atoms with Crippen molar-refractivity contribution in [2.45, 2.75) is 126 Å². The first-order valence-corrected chi connectivity index (χ1v) is 36.3. The van der Waals surface area contributed by atoms with E-state index in [1.54, 1.807) is 6.92 Å². The molecular weight excluding hydrogens is 1400 g/mol. The maximum absolute atomic E-state index is 14.7. The zero-order valence-electron chi connectivity index (χ0n) is 53.4. The van der Waals surface area contributed by atoms with E-state index in [0.29, 0.717) is 5.56 Å². The van der Waals surface area contributed by atoms with Gasteiger partial charge in [0.25, 0.3) is 13.4 Å². The van der Waals surface area contributed by atoms with E-state index < -0.39 is 162 Å². The summed E-state index contributed by atoms with van der Waals surface area (Å²) in [6, 6.07) is 0. The molecule has 40 nitrogen and oxygen atoms in total. The number of aromatic amines is 1. The molecule has 0 radical (unpaired) electrons. The SMILES string of the molecule is COCCOC1[C@@H](O)[C@@H](COP(=O)([S-])O[C@@H]2C(OCCOC)[C@H](n3cc(C)c(=O)[nH]c3=O)O[C@@H]2COP(O)(=S)O[C@@H]2C(OCCOC)[C@H](n3cc(C)c(N)nc3=O)O[C@@H]2COP(=O)([O-])O[C@@H]2C(OCCOC)[C@H](n3cnc4c(N)ncnc43)O[C@@H]2C)O[C@H]1n1cc(C)c(N)nc1=O. The van der Waals surface area contributed by atoms with Crippen molar-refractivity contribution in [3.05, 3.63) is 89.7 Å². The summed E-state index contributed by atoms with van der Waals surface area (Å²) in [5.41, 5.74) is 15.5. The van der Waals surface area contributed by atoms with Crippen LogP contribution in [0.5, 0.6) is 0 Å². The molecule has 0 spiro atoms. The van der Waals surface area contributed by atoms with Gasteiger partial charge in [-0.1, -0.05) is 0 Å². The molecule has 5 aromatic heterocycles. The van der Waals surface area contributed by atoms with Crippen molar-refractivity contribution in [2.24, 2.45) is 0 Å². The number of imidazole rings is 1. The summed E-state index contributed by atoms with van der Waals surface area (Å²) in [5, 5.41) is 11.6. The third kappa shape index (κ3) is 18.2. The monoisotopic (exact) mass is 1470 g/mol. The number of rotatable bonds is 35. The van der Waals surface area contributed by atoms with Crippen LogP contribution in [0.25, 0.3) is 11.2 Å². The number of aliphatic hydroxyl groups is 1. The molecule has 0 bridgehead atoms. The molecule has 5 aromatic rings. The molecule has 4 aliphatic heterocycles. The van der Waals surface area contributed by atoms with Gasteiger partial charge in [0.2, 0.25) is 0 Å². The lowest BCUT2D eigenvalue weighted by Crippen LogP contribution is -2.42. The lowest BCUT2D eigenvalue weighted by molar-refractivity contribution is -0.236. The van der Waals surface area contributed by atoms with Crippen molar-refractivity contribution in [2.75, 3.05) is 118 Å². The van der Waals surface area contributed by atoms with Gasteiger partial charge in [-0.25, -0.2) is 29.3 Å². The Kier molecular flexibility index (Phi) is 26.1. The number of methoxy groups -OCH3 is 4. The maximum Gasteiger partial charge on any atom is 0.351 e. The van der Waals surface area contributed by atoms with Crippen molar-refractivity contribution < 1.29 is 108 Å². The number of phosphoric acid groups is 1. The number of nitrogens with two attached hydrogens (primary N) is 3. The first-order valence-electron chi connectivity index (χ1n) is 29.7. The summed E-state index contributed by atoms with van der Waals surface area (Å²) in [4.78, 5) is 102. The van der Waals surface area contributed by atoms with Gasteiger partial charge >= 0.3 is 23.8 Å². The highest BCUT2D eigenvalue weighted by Gasteiger charge is 2.54. The van der Waals surface area contributed by atoms with Gasteiger partial charge in [-0.05, 0) is 39.5 Å². The number of hydrogen-bond donors (Lipinski definition) is 6. The predicted octanol–water partition coefficient (Wildman–Crippen LogP) is -1.80. The van der Waals surface area contributed by atoms with Gasteiger partial charge < -0.3 is 124 Å². The Balaban J connectivity index is 0.998. The van der Waals surface area contributed by atoms with E-state index in [4.69, 9.17) is 125 Å². The average molecular weight is 1470 g/mol. The van der Waals surface area contributed by atoms with Crippen LogP contribution in [0.2, 0.25) is 0 Å². The average Bonchev–Trinajstić information content (AvgIpc) is 1.65. The lowest BCUT2D eigenvalue weighted by Gasteiger charge is -2.33. The Bertz CT molecular complexity index is 3910. The third-order valence-electron chi connectivity index (χ3n) is 15.6. The first kappa shape index (κ1) is 76.2. The summed E-state index contributed by atoms with van der Waals surface area (Å²) in [5.74, 6) is -0.132. The van der Waals surface area contributed by atoms with Crippen LogP contribution in [-0.2, 0) is 117 Å². The summed E-state index contributed by atoms with van der Waals surface area (Å²) in [7, 11) is 0.0228. The summed E-state index contributed by atoms with van der Waals surface area (Å²) in [6.45, 7) is -7.12. The number of H-pyrrole nitrogens is 1. The standard InChI is InChI=1S/C52H78N13O27P3S2/c1-25-17-62(50(68)59-41(25)53)46-37(79-13-9-75-5)33(66)29(87-46)20-84-94(73,96)92-36-31(89-48(40(36)82-16-12-78-8)64-19-27(3)45(67)61-52(64)70)22-85-95(74,97)91-35-30(88-47(39(35)81-15-11-77-7)63-18-26(2)42(54)60-51(63)69)21-83-93(71,72)90-34-28(4)86-49(38(34)80-14-10-76-6)65-24-58-32-43(55)56-23-57-44(32)65/h17-19,23-24,28-31,33-40,46-49,66H,9-16,20-22H2,1-8H3,(H,71,72)(H,73,96)(H,74,97)(H2,53,59,68)(H2,54,60,69)(H2,55,56,57)(H,61,67,70)/p-2/t28-,29-,30-,31-,33+,34+,35+,36+,37?,38?,39?,40?,46-,47-,48-,49-,94?,95?/m1/s1. The topological polar surface area (TPSA) is 510 Å². The first-order chi connectivity index (χ1) is 46.1. The second-order valence-electron chi connectivity index (χ2n) is 22.3. The minimum absolute atomic E-state index is 0.0242. The van der Waals surface area contributed by atoms with E-state index in [2.05, 4.69) is 29.9 Å². The van der Waals surface area contributed by atoms with Crippen molar-refractivity contribution in [3.8, 4) is 0 Å². The van der Waals surface area contributed by atoms with E-state index in [0.717, 1.165) is 19.9 Å². The predicted molar refractivity (Wildman–Crippen MR) is 336 cm³/mol. The molecule has 4 aliphatic rings. The summed E-state index contributed by atoms with van der Waals surface area (Å²) in [6.07, 6.45) is -17.2. The molecule has 7 unspecified atom stereocenters. The van der Waals surface area contributed by atoms with E-state index in [-0.39, 0.29) is 92.6 Å². The number of phosphoric ester groups is 1. The molecule has 45 heteroatoms. The normalized spacial score (nSPS) is 29.3. The lowest BCUT2D eigenvalue weighted by atomic mass is 10.1. The van der Waals surface area contributed by atoms with E-state index in [1.807, 2.05) is 0 Å². The Hall–Kier alpha value is -4.99. The number of anilines is 3. The van der Waals surface area contributed by atoms with Gasteiger partial charge in [0.05, 0.1) is 85.1 Å². The van der Waals surface area contributed by atoms with Crippen LogP contribution >= 0.6 is 21.3 Å². The number of aliphatic hydroxyl groups excluding tert-OH is 1.